The number of thioether (sulfide) groups is 1. The van der Waals surface area contributed by atoms with E-state index < -0.39 is 6.36 Å². The van der Waals surface area contributed by atoms with Crippen LogP contribution in [0.4, 0.5) is 18.9 Å². The number of hydrogen-bond donors (Lipinski definition) is 1. The molecule has 28 heavy (non-hydrogen) atoms. The highest BCUT2D eigenvalue weighted by Gasteiger charge is 2.32. The minimum absolute atomic E-state index is 0.0672. The van der Waals surface area contributed by atoms with Crippen LogP contribution in [0.15, 0.2) is 42.5 Å². The summed E-state index contributed by atoms with van der Waals surface area (Å²) in [7, 11) is 0. The zero-order chi connectivity index (χ0) is 20.3. The Morgan fingerprint density at radius 2 is 1.86 bits per heavy atom. The van der Waals surface area contributed by atoms with Crippen LogP contribution in [0.2, 0.25) is 0 Å². The molecule has 5 nitrogen and oxygen atoms in total. The molecule has 9 heteroatoms. The van der Waals surface area contributed by atoms with Crippen molar-refractivity contribution in [2.75, 3.05) is 10.7 Å². The zero-order valence-corrected chi connectivity index (χ0v) is 15.7. The van der Waals surface area contributed by atoms with Crippen molar-refractivity contribution in [2.24, 2.45) is 0 Å². The molecule has 0 radical (unpaired) electrons. The molecular weight excluding hydrogens is 393 g/mol. The summed E-state index contributed by atoms with van der Waals surface area (Å²) in [6, 6.07) is 11.2. The van der Waals surface area contributed by atoms with Gasteiger partial charge in [-0.05, 0) is 24.6 Å². The van der Waals surface area contributed by atoms with E-state index in [1.165, 1.54) is 23.1 Å². The molecule has 1 fully saturated rings. The van der Waals surface area contributed by atoms with Gasteiger partial charge in [0.25, 0.3) is 0 Å². The van der Waals surface area contributed by atoms with E-state index in [-0.39, 0.29) is 41.4 Å². The normalized spacial score (nSPS) is 14.6. The van der Waals surface area contributed by atoms with Gasteiger partial charge in [0.05, 0.1) is 24.7 Å². The van der Waals surface area contributed by atoms with Gasteiger partial charge in [-0.2, -0.15) is 0 Å². The van der Waals surface area contributed by atoms with Crippen LogP contribution in [0.1, 0.15) is 16.7 Å². The SMILES string of the molecule is Cc1ccc(COCc2ccccc2OC(F)(F)F)c(N2C(=N)SCC2=O)c1. The quantitative estimate of drug-likeness (QED) is 0.755. The summed E-state index contributed by atoms with van der Waals surface area (Å²) in [5.41, 5.74) is 2.40. The van der Waals surface area contributed by atoms with Crippen molar-refractivity contribution in [2.45, 2.75) is 26.5 Å². The summed E-state index contributed by atoms with van der Waals surface area (Å²) in [4.78, 5) is 13.5. The molecule has 1 aliphatic heterocycles. The number of benzene rings is 2. The van der Waals surface area contributed by atoms with E-state index in [1.807, 2.05) is 13.0 Å². The van der Waals surface area contributed by atoms with Gasteiger partial charge in [-0.1, -0.05) is 42.1 Å². The smallest absolute Gasteiger partial charge is 0.405 e. The zero-order valence-electron chi connectivity index (χ0n) is 14.9. The van der Waals surface area contributed by atoms with Crippen LogP contribution in [0, 0.1) is 12.3 Å². The Morgan fingerprint density at radius 3 is 2.54 bits per heavy atom. The molecule has 1 amide bonds. The first kappa shape index (κ1) is 20.2. The Labute approximate surface area is 163 Å². The molecule has 0 unspecified atom stereocenters. The number of anilines is 1. The predicted octanol–water partition coefficient (Wildman–Crippen LogP) is 4.62. The van der Waals surface area contributed by atoms with Gasteiger partial charge in [-0.25, -0.2) is 0 Å². The number of nitrogens with zero attached hydrogens (tertiary/aromatic N) is 1. The third kappa shape index (κ3) is 4.85. The van der Waals surface area contributed by atoms with Gasteiger partial charge in [-0.15, -0.1) is 13.2 Å². The lowest BCUT2D eigenvalue weighted by atomic mass is 10.1. The molecule has 0 spiro atoms. The second kappa shape index (κ2) is 8.24. The Morgan fingerprint density at radius 1 is 1.14 bits per heavy atom. The Kier molecular flexibility index (Phi) is 5.95. The minimum atomic E-state index is -4.78. The van der Waals surface area contributed by atoms with E-state index in [9.17, 15) is 18.0 Å². The number of halogens is 3. The molecule has 2 aromatic rings. The highest BCUT2D eigenvalue weighted by Crippen LogP contribution is 2.31. The number of hydrogen-bond acceptors (Lipinski definition) is 5. The molecule has 1 N–H and O–H groups in total. The summed E-state index contributed by atoms with van der Waals surface area (Å²) in [5.74, 6) is -0.298. The number of carbonyl (C=O) groups is 1. The lowest BCUT2D eigenvalue weighted by Gasteiger charge is -2.20. The summed E-state index contributed by atoms with van der Waals surface area (Å²) in [6.07, 6.45) is -4.78. The lowest BCUT2D eigenvalue weighted by Crippen LogP contribution is -2.29. The molecule has 1 saturated heterocycles. The third-order valence-electron chi connectivity index (χ3n) is 3.98. The van der Waals surface area contributed by atoms with Crippen LogP contribution in [0.5, 0.6) is 5.75 Å². The fourth-order valence-electron chi connectivity index (χ4n) is 2.74. The average molecular weight is 410 g/mol. The molecule has 0 atom stereocenters. The standard InChI is InChI=1S/C19H17F3N2O3S/c1-12-6-7-13(15(8-12)24-17(25)11-28-18(24)23)9-26-10-14-4-2-3-5-16(14)27-19(20,21)22/h2-8,23H,9-11H2,1H3. The summed E-state index contributed by atoms with van der Waals surface area (Å²) in [5, 5.41) is 8.11. The topological polar surface area (TPSA) is 62.6 Å². The van der Waals surface area contributed by atoms with E-state index in [1.54, 1.807) is 18.2 Å². The van der Waals surface area contributed by atoms with Crippen LogP contribution in [-0.4, -0.2) is 23.2 Å². The number of amides is 1. The molecule has 0 aromatic heterocycles. The van der Waals surface area contributed by atoms with Crippen LogP contribution in [-0.2, 0) is 22.7 Å². The van der Waals surface area contributed by atoms with Gasteiger partial charge >= 0.3 is 6.36 Å². The van der Waals surface area contributed by atoms with Crippen LogP contribution in [0.3, 0.4) is 0 Å². The summed E-state index contributed by atoms with van der Waals surface area (Å²) >= 11 is 1.15. The van der Waals surface area contributed by atoms with Crippen LogP contribution in [0.25, 0.3) is 0 Å². The molecule has 0 aliphatic carbocycles. The molecule has 2 aromatic carbocycles. The van der Waals surface area contributed by atoms with E-state index in [0.717, 1.165) is 17.3 Å². The van der Waals surface area contributed by atoms with Crippen LogP contribution < -0.4 is 9.64 Å². The van der Waals surface area contributed by atoms with Crippen molar-refractivity contribution >= 4 is 28.5 Å². The highest BCUT2D eigenvalue weighted by atomic mass is 32.2. The third-order valence-corrected chi connectivity index (χ3v) is 4.83. The van der Waals surface area contributed by atoms with Crippen molar-refractivity contribution in [3.8, 4) is 5.75 Å². The van der Waals surface area contributed by atoms with E-state index >= 15 is 0 Å². The number of rotatable bonds is 6. The molecule has 0 bridgehead atoms. The Hall–Kier alpha value is -2.52. The van der Waals surface area contributed by atoms with Gasteiger partial charge in [0.1, 0.15) is 5.75 Å². The van der Waals surface area contributed by atoms with E-state index in [4.69, 9.17) is 10.1 Å². The first-order chi connectivity index (χ1) is 13.2. The summed E-state index contributed by atoms with van der Waals surface area (Å²) in [6.45, 7) is 1.84. The number of amidine groups is 1. The number of carbonyl (C=O) groups excluding carboxylic acids is 1. The van der Waals surface area contributed by atoms with Crippen LogP contribution >= 0.6 is 11.8 Å². The number of nitrogens with one attached hydrogen (secondary N) is 1. The van der Waals surface area contributed by atoms with Gasteiger partial charge in [0, 0.05) is 11.1 Å². The second-order valence-electron chi connectivity index (χ2n) is 6.10. The van der Waals surface area contributed by atoms with E-state index in [2.05, 4.69) is 4.74 Å². The van der Waals surface area contributed by atoms with Gasteiger partial charge in [0.15, 0.2) is 5.17 Å². The maximum atomic E-state index is 12.5. The Balaban J connectivity index is 1.75. The Bertz CT molecular complexity index is 886. The molecule has 1 heterocycles. The lowest BCUT2D eigenvalue weighted by molar-refractivity contribution is -0.275. The van der Waals surface area contributed by atoms with Gasteiger partial charge < -0.3 is 9.47 Å². The molecule has 148 valence electrons. The highest BCUT2D eigenvalue weighted by molar-refractivity contribution is 8.15. The largest absolute Gasteiger partial charge is 0.573 e. The maximum absolute atomic E-state index is 12.5. The molecule has 3 rings (SSSR count). The monoisotopic (exact) mass is 410 g/mol. The predicted molar refractivity (Wildman–Crippen MR) is 100 cm³/mol. The second-order valence-corrected chi connectivity index (χ2v) is 7.07. The fourth-order valence-corrected chi connectivity index (χ4v) is 3.46. The van der Waals surface area contributed by atoms with Gasteiger partial charge in [-0.3, -0.25) is 15.1 Å². The van der Waals surface area contributed by atoms with Crippen molar-refractivity contribution in [1.82, 2.24) is 0 Å². The number of ether oxygens (including phenoxy) is 2. The first-order valence-electron chi connectivity index (χ1n) is 8.30. The minimum Gasteiger partial charge on any atom is -0.405 e. The number of alkyl halides is 3. The van der Waals surface area contributed by atoms with E-state index in [0.29, 0.717) is 11.3 Å². The maximum Gasteiger partial charge on any atom is 0.573 e. The van der Waals surface area contributed by atoms with Crippen molar-refractivity contribution in [1.29, 1.82) is 5.41 Å². The van der Waals surface area contributed by atoms with Crippen molar-refractivity contribution in [3.05, 3.63) is 59.2 Å². The van der Waals surface area contributed by atoms with Crippen molar-refractivity contribution < 1.29 is 27.4 Å². The first-order valence-corrected chi connectivity index (χ1v) is 9.28. The number of para-hydroxylation sites is 1. The van der Waals surface area contributed by atoms with Gasteiger partial charge in [0.2, 0.25) is 5.91 Å². The number of aryl methyl sites for hydroxylation is 1. The van der Waals surface area contributed by atoms with Crippen molar-refractivity contribution in [3.63, 3.8) is 0 Å². The molecular formula is C19H17F3N2O3S. The molecule has 0 saturated carbocycles. The summed E-state index contributed by atoms with van der Waals surface area (Å²) < 4.78 is 47.2. The average Bonchev–Trinajstić information content (AvgIpc) is 2.95. The molecule has 1 aliphatic rings. The fraction of sp³-hybridized carbons (Fsp3) is 0.263.